The number of fused-ring (bicyclic) bond motifs is 3. The minimum absolute atomic E-state index is 0. The molecule has 1 aromatic rings. The van der Waals surface area contributed by atoms with Crippen molar-refractivity contribution in [2.45, 2.75) is 37.8 Å². The number of hydrogen-bond donors (Lipinski definition) is 2. The van der Waals surface area contributed by atoms with Crippen LogP contribution < -0.4 is 4.74 Å². The number of aliphatic hydroxyl groups is 2. The molecule has 3 fully saturated rings. The number of benzene rings is 1. The van der Waals surface area contributed by atoms with Crippen LogP contribution in [0.15, 0.2) is 30.3 Å². The smallest absolute Gasteiger partial charge is 0.119 e. The van der Waals surface area contributed by atoms with Crippen LogP contribution in [0.2, 0.25) is 0 Å². The number of ether oxygens (including phenoxy) is 1. The highest BCUT2D eigenvalue weighted by Gasteiger charge is 2.51. The predicted molar refractivity (Wildman–Crippen MR) is 87.0 cm³/mol. The minimum Gasteiger partial charge on any atom is -0.492 e. The Balaban J connectivity index is 0.00000176. The quantitative estimate of drug-likeness (QED) is 0.777. The molecule has 2 atom stereocenters. The van der Waals surface area contributed by atoms with Gasteiger partial charge in [-0.15, -0.1) is 0 Å². The molecule has 2 N–H and O–H groups in total. The highest BCUT2D eigenvalue weighted by molar-refractivity contribution is 5.75. The van der Waals surface area contributed by atoms with Crippen LogP contribution in [0.25, 0.3) is 0 Å². The van der Waals surface area contributed by atoms with E-state index >= 15 is 0 Å². The van der Waals surface area contributed by atoms with Crippen LogP contribution in [0.3, 0.4) is 0 Å². The molecule has 0 saturated carbocycles. The maximum Gasteiger partial charge on any atom is 0.119 e. The summed E-state index contributed by atoms with van der Waals surface area (Å²) in [7, 11) is 0. The molecule has 0 spiro atoms. The van der Waals surface area contributed by atoms with Gasteiger partial charge in [0.2, 0.25) is 0 Å². The third-order valence-corrected chi connectivity index (χ3v) is 5.25. The molecule has 4 rings (SSSR count). The summed E-state index contributed by atoms with van der Waals surface area (Å²) in [6, 6.07) is 9.86. The van der Waals surface area contributed by atoms with Gasteiger partial charge in [0.15, 0.2) is 0 Å². The van der Waals surface area contributed by atoms with Crippen molar-refractivity contribution in [2.24, 2.45) is 5.41 Å². The van der Waals surface area contributed by atoms with Crippen molar-refractivity contribution in [3.8, 4) is 5.75 Å². The van der Waals surface area contributed by atoms with Crippen molar-refractivity contribution < 1.29 is 14.9 Å². The van der Waals surface area contributed by atoms with Gasteiger partial charge in [-0.25, -0.2) is 0 Å². The molecule has 0 aromatic heterocycles. The number of hydrogen-bond acceptors (Lipinski definition) is 4. The lowest BCUT2D eigenvalue weighted by Gasteiger charge is -2.56. The van der Waals surface area contributed by atoms with Gasteiger partial charge in [0.1, 0.15) is 12.4 Å². The third kappa shape index (κ3) is 3.32. The normalized spacial score (nSPS) is 33.3. The van der Waals surface area contributed by atoms with Crippen LogP contribution in [-0.4, -0.2) is 62.0 Å². The standard InChI is InChI=1S/C17H25NO3.B/c19-12-4-7-17-8-10-18(11-9-17)15(16(17)20)13-21-14-5-2-1-3-6-14;/h1-3,5-6,15-16,19-20H,4,7-13H2;. The van der Waals surface area contributed by atoms with Crippen LogP contribution in [-0.2, 0) is 0 Å². The summed E-state index contributed by atoms with van der Waals surface area (Å²) in [4.78, 5) is 2.36. The number of piperidine rings is 3. The van der Waals surface area contributed by atoms with Gasteiger partial charge in [0.05, 0.1) is 12.1 Å². The van der Waals surface area contributed by atoms with E-state index in [2.05, 4.69) is 4.90 Å². The Kier molecular flexibility index (Phi) is 5.90. The second kappa shape index (κ2) is 7.49. The maximum atomic E-state index is 10.8. The number of rotatable bonds is 6. The fraction of sp³-hybridized carbons (Fsp3) is 0.647. The van der Waals surface area contributed by atoms with E-state index in [0.29, 0.717) is 6.61 Å². The zero-order valence-electron chi connectivity index (χ0n) is 13.0. The molecule has 3 saturated heterocycles. The van der Waals surface area contributed by atoms with Gasteiger partial charge in [-0.3, -0.25) is 4.90 Å². The summed E-state index contributed by atoms with van der Waals surface area (Å²) in [5.74, 6) is 0.858. The first-order chi connectivity index (χ1) is 10.2. The average molecular weight is 302 g/mol. The summed E-state index contributed by atoms with van der Waals surface area (Å²) in [5, 5.41) is 19.9. The molecular formula is C17H25BNO3. The topological polar surface area (TPSA) is 52.9 Å². The Bertz CT molecular complexity index is 448. The van der Waals surface area contributed by atoms with Crippen LogP contribution in [0.5, 0.6) is 5.75 Å². The molecule has 5 heteroatoms. The fourth-order valence-electron chi connectivity index (χ4n) is 3.93. The molecule has 119 valence electrons. The van der Waals surface area contributed by atoms with E-state index in [1.54, 1.807) is 0 Å². The molecular weight excluding hydrogens is 277 g/mol. The van der Waals surface area contributed by atoms with Gasteiger partial charge in [0, 0.05) is 20.4 Å². The van der Waals surface area contributed by atoms with Gasteiger partial charge in [0.25, 0.3) is 0 Å². The van der Waals surface area contributed by atoms with Crippen LogP contribution in [0.4, 0.5) is 0 Å². The second-order valence-electron chi connectivity index (χ2n) is 6.36. The Labute approximate surface area is 134 Å². The molecule has 22 heavy (non-hydrogen) atoms. The fourth-order valence-corrected chi connectivity index (χ4v) is 3.93. The summed E-state index contributed by atoms with van der Waals surface area (Å²) < 4.78 is 5.87. The van der Waals surface area contributed by atoms with E-state index in [9.17, 15) is 5.11 Å². The van der Waals surface area contributed by atoms with E-state index in [1.165, 1.54) is 0 Å². The lowest BCUT2D eigenvalue weighted by Crippen LogP contribution is -2.65. The van der Waals surface area contributed by atoms with Crippen molar-refractivity contribution in [3.05, 3.63) is 30.3 Å². The Morgan fingerprint density at radius 2 is 1.86 bits per heavy atom. The summed E-state index contributed by atoms with van der Waals surface area (Å²) in [6.45, 7) is 2.81. The summed E-state index contributed by atoms with van der Waals surface area (Å²) >= 11 is 0. The SMILES string of the molecule is OCCCC12CCN(CC1)C(COc1ccccc1)C2O.[B]. The first kappa shape index (κ1) is 17.3. The molecule has 3 radical (unpaired) electrons. The average Bonchev–Trinajstić information content (AvgIpc) is 2.54. The molecule has 0 aliphatic carbocycles. The third-order valence-electron chi connectivity index (χ3n) is 5.25. The van der Waals surface area contributed by atoms with Crippen molar-refractivity contribution >= 4 is 8.41 Å². The first-order valence-electron chi connectivity index (χ1n) is 7.96. The van der Waals surface area contributed by atoms with Crippen LogP contribution >= 0.6 is 0 Å². The van der Waals surface area contributed by atoms with Crippen molar-refractivity contribution in [3.63, 3.8) is 0 Å². The van der Waals surface area contributed by atoms with E-state index in [0.717, 1.165) is 44.5 Å². The molecule has 3 aliphatic heterocycles. The molecule has 2 bridgehead atoms. The number of aliphatic hydroxyl groups excluding tert-OH is 2. The van der Waals surface area contributed by atoms with Crippen LogP contribution in [0, 0.1) is 5.41 Å². The highest BCUT2D eigenvalue weighted by atomic mass is 16.5. The Morgan fingerprint density at radius 3 is 2.50 bits per heavy atom. The predicted octanol–water partition coefficient (Wildman–Crippen LogP) is 1.28. The lowest BCUT2D eigenvalue weighted by atomic mass is 9.64. The largest absolute Gasteiger partial charge is 0.492 e. The van der Waals surface area contributed by atoms with Crippen molar-refractivity contribution in [1.29, 1.82) is 0 Å². The molecule has 1 aromatic carbocycles. The van der Waals surface area contributed by atoms with Gasteiger partial charge in [-0.1, -0.05) is 18.2 Å². The maximum absolute atomic E-state index is 10.8. The second-order valence-corrected chi connectivity index (χ2v) is 6.36. The van der Waals surface area contributed by atoms with Gasteiger partial charge in [-0.05, 0) is 50.9 Å². The molecule has 2 unspecified atom stereocenters. The zero-order chi connectivity index (χ0) is 14.7. The van der Waals surface area contributed by atoms with Gasteiger partial charge >= 0.3 is 0 Å². The van der Waals surface area contributed by atoms with E-state index in [1.807, 2.05) is 30.3 Å². The lowest BCUT2D eigenvalue weighted by molar-refractivity contribution is -0.146. The highest BCUT2D eigenvalue weighted by Crippen LogP contribution is 2.46. The van der Waals surface area contributed by atoms with E-state index < -0.39 is 0 Å². The Hall–Kier alpha value is -1.04. The molecule has 3 heterocycles. The minimum atomic E-state index is -0.352. The summed E-state index contributed by atoms with van der Waals surface area (Å²) in [5.41, 5.74) is -0.0117. The summed E-state index contributed by atoms with van der Waals surface area (Å²) in [6.07, 6.45) is 3.42. The van der Waals surface area contributed by atoms with Crippen molar-refractivity contribution in [1.82, 2.24) is 4.90 Å². The molecule has 0 amide bonds. The molecule has 3 aliphatic rings. The number of nitrogens with zero attached hydrogens (tertiary/aromatic N) is 1. The van der Waals surface area contributed by atoms with E-state index in [4.69, 9.17) is 9.84 Å². The molecule has 4 nitrogen and oxygen atoms in total. The monoisotopic (exact) mass is 302 g/mol. The Morgan fingerprint density at radius 1 is 1.18 bits per heavy atom. The number of para-hydroxylation sites is 1. The zero-order valence-corrected chi connectivity index (χ0v) is 13.0. The van der Waals surface area contributed by atoms with E-state index in [-0.39, 0.29) is 32.6 Å². The van der Waals surface area contributed by atoms with Crippen LogP contribution in [0.1, 0.15) is 25.7 Å². The van der Waals surface area contributed by atoms with Crippen molar-refractivity contribution in [2.75, 3.05) is 26.3 Å². The van der Waals surface area contributed by atoms with Gasteiger partial charge in [-0.2, -0.15) is 0 Å². The van der Waals surface area contributed by atoms with Gasteiger partial charge < -0.3 is 14.9 Å². The first-order valence-corrected chi connectivity index (χ1v) is 7.96.